The van der Waals surface area contributed by atoms with Crippen LogP contribution in [0.5, 0.6) is 0 Å². The first-order valence-electron chi connectivity index (χ1n) is 5.49. The van der Waals surface area contributed by atoms with E-state index >= 15 is 0 Å². The van der Waals surface area contributed by atoms with E-state index < -0.39 is 6.09 Å². The first kappa shape index (κ1) is 12.9. The Balaban J connectivity index is 2.30. The molecule has 0 spiro atoms. The Kier molecular flexibility index (Phi) is 5.21. The molecule has 1 unspecified atom stereocenters. The highest BCUT2D eigenvalue weighted by molar-refractivity contribution is 5.92. The maximum absolute atomic E-state index is 11.4. The summed E-state index contributed by atoms with van der Waals surface area (Å²) in [7, 11) is 0. The minimum absolute atomic E-state index is 0.0351. The third-order valence-electron chi connectivity index (χ3n) is 2.57. The summed E-state index contributed by atoms with van der Waals surface area (Å²) in [5.41, 5.74) is 0. The maximum atomic E-state index is 11.4. The number of imide groups is 1. The van der Waals surface area contributed by atoms with Gasteiger partial charge in [-0.1, -0.05) is 0 Å². The van der Waals surface area contributed by atoms with Gasteiger partial charge < -0.3 is 9.84 Å². The lowest BCUT2D eigenvalue weighted by atomic mass is 10.2. The molecule has 1 aliphatic heterocycles. The summed E-state index contributed by atoms with van der Waals surface area (Å²) in [5, 5.41) is 11.2. The fourth-order valence-electron chi connectivity index (χ4n) is 1.82. The number of aliphatic hydroxyl groups excluding tert-OH is 1. The average molecular weight is 230 g/mol. The zero-order valence-corrected chi connectivity index (χ0v) is 9.44. The topological polar surface area (TPSA) is 78.9 Å². The molecule has 1 heterocycles. The number of carbonyl (C=O) groups is 2. The fourth-order valence-corrected chi connectivity index (χ4v) is 1.82. The smallest absolute Gasteiger partial charge is 0.413 e. The molecule has 1 rings (SSSR count). The summed E-state index contributed by atoms with van der Waals surface area (Å²) < 4.78 is 4.59. The van der Waals surface area contributed by atoms with Gasteiger partial charge in [-0.25, -0.2) is 4.79 Å². The van der Waals surface area contributed by atoms with Crippen LogP contribution < -0.4 is 5.32 Å². The maximum Gasteiger partial charge on any atom is 0.413 e. The van der Waals surface area contributed by atoms with Crippen LogP contribution >= 0.6 is 0 Å². The molecule has 1 atom stereocenters. The number of carbonyl (C=O) groups excluding carboxylic acids is 2. The first-order chi connectivity index (χ1) is 7.67. The molecule has 16 heavy (non-hydrogen) atoms. The van der Waals surface area contributed by atoms with E-state index in [-0.39, 0.29) is 31.7 Å². The Morgan fingerprint density at radius 1 is 1.56 bits per heavy atom. The predicted octanol–water partition coefficient (Wildman–Crippen LogP) is -0.284. The molecule has 0 bridgehead atoms. The van der Waals surface area contributed by atoms with E-state index in [1.54, 1.807) is 6.92 Å². The van der Waals surface area contributed by atoms with E-state index in [0.29, 0.717) is 0 Å². The third-order valence-corrected chi connectivity index (χ3v) is 2.57. The van der Waals surface area contributed by atoms with Gasteiger partial charge in [0.1, 0.15) is 0 Å². The summed E-state index contributed by atoms with van der Waals surface area (Å²) in [6.07, 6.45) is 1.15. The van der Waals surface area contributed by atoms with Crippen molar-refractivity contribution in [3.63, 3.8) is 0 Å². The molecular weight excluding hydrogens is 212 g/mol. The lowest BCUT2D eigenvalue weighted by Crippen LogP contribution is -2.43. The quantitative estimate of drug-likeness (QED) is 0.694. The van der Waals surface area contributed by atoms with E-state index in [0.717, 1.165) is 19.4 Å². The Labute approximate surface area is 94.6 Å². The highest BCUT2D eigenvalue weighted by Crippen LogP contribution is 2.15. The second kappa shape index (κ2) is 6.44. The highest BCUT2D eigenvalue weighted by Gasteiger charge is 2.25. The summed E-state index contributed by atoms with van der Waals surface area (Å²) in [5.74, 6) is -0.390. The van der Waals surface area contributed by atoms with Crippen molar-refractivity contribution < 1.29 is 19.4 Å². The molecule has 0 aromatic heterocycles. The van der Waals surface area contributed by atoms with E-state index in [1.165, 1.54) is 0 Å². The lowest BCUT2D eigenvalue weighted by Gasteiger charge is -2.21. The van der Waals surface area contributed by atoms with Gasteiger partial charge in [-0.2, -0.15) is 0 Å². The van der Waals surface area contributed by atoms with Crippen molar-refractivity contribution in [2.45, 2.75) is 25.8 Å². The van der Waals surface area contributed by atoms with Gasteiger partial charge in [0.15, 0.2) is 0 Å². The van der Waals surface area contributed by atoms with E-state index in [9.17, 15) is 9.59 Å². The number of hydrogen-bond acceptors (Lipinski definition) is 5. The van der Waals surface area contributed by atoms with Gasteiger partial charge in [0.05, 0.1) is 19.8 Å². The number of alkyl carbamates (subject to hydrolysis) is 1. The van der Waals surface area contributed by atoms with Crippen LogP contribution in [0.25, 0.3) is 0 Å². The zero-order valence-electron chi connectivity index (χ0n) is 9.44. The van der Waals surface area contributed by atoms with Gasteiger partial charge in [-0.15, -0.1) is 0 Å². The Morgan fingerprint density at radius 3 is 2.94 bits per heavy atom. The molecule has 1 fully saturated rings. The molecule has 6 heteroatoms. The van der Waals surface area contributed by atoms with Crippen LogP contribution in [-0.4, -0.2) is 54.4 Å². The SMILES string of the molecule is CCOC(=O)NC(=O)CN1CCCC1CO. The molecule has 1 saturated heterocycles. The van der Waals surface area contributed by atoms with Crippen molar-refractivity contribution in [3.8, 4) is 0 Å². The molecule has 6 nitrogen and oxygen atoms in total. The molecule has 2 N–H and O–H groups in total. The molecule has 0 radical (unpaired) electrons. The molecule has 92 valence electrons. The highest BCUT2D eigenvalue weighted by atomic mass is 16.5. The zero-order chi connectivity index (χ0) is 12.0. The first-order valence-corrected chi connectivity index (χ1v) is 5.49. The second-order valence-electron chi connectivity index (χ2n) is 3.72. The minimum Gasteiger partial charge on any atom is -0.450 e. The number of amides is 2. The fraction of sp³-hybridized carbons (Fsp3) is 0.800. The van der Waals surface area contributed by atoms with Gasteiger partial charge in [-0.3, -0.25) is 15.0 Å². The lowest BCUT2D eigenvalue weighted by molar-refractivity contribution is -0.121. The largest absolute Gasteiger partial charge is 0.450 e. The Hall–Kier alpha value is -1.14. The summed E-state index contributed by atoms with van der Waals surface area (Å²) in [6.45, 7) is 2.87. The number of likely N-dealkylation sites (tertiary alicyclic amines) is 1. The van der Waals surface area contributed by atoms with Crippen molar-refractivity contribution in [1.82, 2.24) is 10.2 Å². The van der Waals surface area contributed by atoms with Crippen molar-refractivity contribution in [2.24, 2.45) is 0 Å². The van der Waals surface area contributed by atoms with Crippen molar-refractivity contribution >= 4 is 12.0 Å². The van der Waals surface area contributed by atoms with Gasteiger partial charge >= 0.3 is 6.09 Å². The standard InChI is InChI=1S/C10H18N2O4/c1-2-16-10(15)11-9(14)6-12-5-3-4-8(12)7-13/h8,13H,2-7H2,1H3,(H,11,14,15). The van der Waals surface area contributed by atoms with Gasteiger partial charge in [-0.05, 0) is 26.3 Å². The average Bonchev–Trinajstić information content (AvgIpc) is 2.65. The summed E-state index contributed by atoms with van der Waals surface area (Å²) in [4.78, 5) is 24.2. The van der Waals surface area contributed by atoms with Crippen LogP contribution in [0.3, 0.4) is 0 Å². The Bertz CT molecular complexity index is 257. The van der Waals surface area contributed by atoms with E-state index in [2.05, 4.69) is 10.1 Å². The van der Waals surface area contributed by atoms with Gasteiger partial charge in [0.25, 0.3) is 0 Å². The number of nitrogens with one attached hydrogen (secondary N) is 1. The number of hydrogen-bond donors (Lipinski definition) is 2. The van der Waals surface area contributed by atoms with Gasteiger partial charge in [0, 0.05) is 6.04 Å². The predicted molar refractivity (Wildman–Crippen MR) is 56.8 cm³/mol. The van der Waals surface area contributed by atoms with Crippen molar-refractivity contribution in [3.05, 3.63) is 0 Å². The third kappa shape index (κ3) is 3.79. The number of rotatable bonds is 4. The summed E-state index contributed by atoms with van der Waals surface area (Å²) in [6, 6.07) is 0.0351. The molecular formula is C10H18N2O4. The normalized spacial score (nSPS) is 20.8. The number of ether oxygens (including phenoxy) is 1. The summed E-state index contributed by atoms with van der Waals surface area (Å²) >= 11 is 0. The van der Waals surface area contributed by atoms with Crippen LogP contribution in [0, 0.1) is 0 Å². The molecule has 0 aromatic carbocycles. The number of nitrogens with zero attached hydrogens (tertiary/aromatic N) is 1. The van der Waals surface area contributed by atoms with Crippen molar-refractivity contribution in [1.29, 1.82) is 0 Å². The molecule has 1 aliphatic rings. The van der Waals surface area contributed by atoms with E-state index in [1.807, 2.05) is 4.90 Å². The van der Waals surface area contributed by atoms with Crippen LogP contribution in [0.15, 0.2) is 0 Å². The monoisotopic (exact) mass is 230 g/mol. The van der Waals surface area contributed by atoms with Crippen LogP contribution in [0.4, 0.5) is 4.79 Å². The minimum atomic E-state index is -0.716. The van der Waals surface area contributed by atoms with E-state index in [4.69, 9.17) is 5.11 Å². The molecule has 0 saturated carbocycles. The molecule has 2 amide bonds. The molecule has 0 aliphatic carbocycles. The number of aliphatic hydroxyl groups is 1. The van der Waals surface area contributed by atoms with Crippen LogP contribution in [0.2, 0.25) is 0 Å². The van der Waals surface area contributed by atoms with Gasteiger partial charge in [0.2, 0.25) is 5.91 Å². The molecule has 0 aromatic rings. The Morgan fingerprint density at radius 2 is 2.31 bits per heavy atom. The second-order valence-corrected chi connectivity index (χ2v) is 3.72. The van der Waals surface area contributed by atoms with Crippen molar-refractivity contribution in [2.75, 3.05) is 26.3 Å². The van der Waals surface area contributed by atoms with Crippen LogP contribution in [0.1, 0.15) is 19.8 Å². The van der Waals surface area contributed by atoms with Crippen LogP contribution in [-0.2, 0) is 9.53 Å².